The Morgan fingerprint density at radius 2 is 1.71 bits per heavy atom. The van der Waals surface area contributed by atoms with Crippen molar-refractivity contribution in [3.63, 3.8) is 0 Å². The van der Waals surface area contributed by atoms with Gasteiger partial charge in [0.15, 0.2) is 0 Å². The summed E-state index contributed by atoms with van der Waals surface area (Å²) >= 11 is 11.9. The highest BCUT2D eigenvalue weighted by Gasteiger charge is 2.15. The number of carbonyl (C=O) groups is 1. The van der Waals surface area contributed by atoms with E-state index in [4.69, 9.17) is 23.2 Å². The average molecular weight is 444 g/mol. The number of hydrogen-bond donors (Lipinski definition) is 2. The largest absolute Gasteiger partial charge is 0.573 e. The van der Waals surface area contributed by atoms with Gasteiger partial charge < -0.3 is 14.9 Å². The second-order valence-corrected chi connectivity index (χ2v) is 8.57. The van der Waals surface area contributed by atoms with Crippen molar-refractivity contribution >= 4 is 44.8 Å². The van der Waals surface area contributed by atoms with Gasteiger partial charge in [-0.2, -0.15) is 0 Å². The molecule has 0 atom stereocenters. The standard InChI is InChI=1S/C19H22Cl2N3O3S/c1-3-24(4-2)12-11-22-19(25)14-5-10-17(21)18(13-14)28(26,27)23-16-8-6-15(20)7-9-16/h5-10,13H,3-4,11-12H2,1-2H3,(H,22,25)/q-1/p+1. The van der Waals surface area contributed by atoms with E-state index in [9.17, 15) is 13.2 Å². The molecule has 9 heteroatoms. The minimum Gasteiger partial charge on any atom is -0.573 e. The summed E-state index contributed by atoms with van der Waals surface area (Å²) in [5.41, 5.74) is 0.432. The fourth-order valence-electron chi connectivity index (χ4n) is 2.59. The van der Waals surface area contributed by atoms with Crippen molar-refractivity contribution in [3.05, 3.63) is 62.8 Å². The molecule has 0 aromatic heterocycles. The van der Waals surface area contributed by atoms with E-state index in [0.29, 0.717) is 11.6 Å². The fraction of sp³-hybridized carbons (Fsp3) is 0.316. The molecular weight excluding hydrogens is 421 g/mol. The van der Waals surface area contributed by atoms with Crippen LogP contribution in [0.25, 0.3) is 4.72 Å². The minimum atomic E-state index is -4.09. The molecule has 0 aliphatic rings. The minimum absolute atomic E-state index is 0.00171. The van der Waals surface area contributed by atoms with Gasteiger partial charge in [-0.25, -0.2) is 8.42 Å². The maximum absolute atomic E-state index is 12.6. The molecule has 2 rings (SSSR count). The summed E-state index contributed by atoms with van der Waals surface area (Å²) < 4.78 is 29.1. The van der Waals surface area contributed by atoms with Crippen LogP contribution in [0.3, 0.4) is 0 Å². The van der Waals surface area contributed by atoms with Gasteiger partial charge in [-0.1, -0.05) is 35.3 Å². The van der Waals surface area contributed by atoms with Crippen molar-refractivity contribution in [2.24, 2.45) is 0 Å². The Hall–Kier alpha value is -1.80. The zero-order valence-corrected chi connectivity index (χ0v) is 18.0. The summed E-state index contributed by atoms with van der Waals surface area (Å²) in [6, 6.07) is 10.2. The monoisotopic (exact) mass is 443 g/mol. The van der Waals surface area contributed by atoms with Crippen LogP contribution in [0.15, 0.2) is 47.4 Å². The molecule has 152 valence electrons. The number of sulfonamides is 1. The smallest absolute Gasteiger partial charge is 0.251 e. The van der Waals surface area contributed by atoms with Crippen LogP contribution < -0.4 is 10.2 Å². The molecule has 0 unspecified atom stereocenters. The van der Waals surface area contributed by atoms with Crippen LogP contribution >= 0.6 is 23.2 Å². The number of nitrogens with one attached hydrogen (secondary N) is 2. The molecule has 0 saturated heterocycles. The Morgan fingerprint density at radius 3 is 2.32 bits per heavy atom. The summed E-state index contributed by atoms with van der Waals surface area (Å²) in [6.45, 7) is 7.41. The molecule has 0 spiro atoms. The number of rotatable bonds is 9. The molecule has 0 saturated carbocycles. The van der Waals surface area contributed by atoms with Gasteiger partial charge in [0.05, 0.1) is 36.1 Å². The van der Waals surface area contributed by atoms with Gasteiger partial charge in [0.25, 0.3) is 5.91 Å². The van der Waals surface area contributed by atoms with Gasteiger partial charge in [-0.3, -0.25) is 4.79 Å². The zero-order chi connectivity index (χ0) is 20.7. The average Bonchev–Trinajstić information content (AvgIpc) is 2.67. The first kappa shape index (κ1) is 22.5. The normalized spacial score (nSPS) is 11.5. The number of hydrogen-bond acceptors (Lipinski definition) is 3. The summed E-state index contributed by atoms with van der Waals surface area (Å²) in [7, 11) is -4.09. The SMILES string of the molecule is CC[NH+](CC)CCNC(=O)c1ccc(Cl)c(S(=O)(=O)[N-]c2ccc(Cl)cc2)c1. The Morgan fingerprint density at radius 1 is 1.07 bits per heavy atom. The molecule has 0 aliphatic heterocycles. The lowest BCUT2D eigenvalue weighted by Gasteiger charge is -2.23. The number of amides is 1. The molecule has 28 heavy (non-hydrogen) atoms. The van der Waals surface area contributed by atoms with E-state index in [2.05, 4.69) is 23.9 Å². The van der Waals surface area contributed by atoms with Gasteiger partial charge in [-0.05, 0) is 44.2 Å². The van der Waals surface area contributed by atoms with Crippen LogP contribution in [-0.4, -0.2) is 40.5 Å². The fourth-order valence-corrected chi connectivity index (χ4v) is 4.21. The molecule has 2 aromatic carbocycles. The summed E-state index contributed by atoms with van der Waals surface area (Å²) in [6.07, 6.45) is 0. The van der Waals surface area contributed by atoms with Crippen LogP contribution in [0.4, 0.5) is 5.69 Å². The van der Waals surface area contributed by atoms with Crippen molar-refractivity contribution in [1.82, 2.24) is 5.32 Å². The van der Waals surface area contributed by atoms with E-state index in [1.54, 1.807) is 12.1 Å². The third-order valence-electron chi connectivity index (χ3n) is 4.29. The van der Waals surface area contributed by atoms with Crippen molar-refractivity contribution < 1.29 is 18.1 Å². The highest BCUT2D eigenvalue weighted by molar-refractivity contribution is 7.94. The van der Waals surface area contributed by atoms with E-state index in [1.807, 2.05) is 0 Å². The Kier molecular flexibility index (Phi) is 8.12. The highest BCUT2D eigenvalue weighted by Crippen LogP contribution is 2.32. The number of nitrogens with zero attached hydrogens (tertiary/aromatic N) is 1. The van der Waals surface area contributed by atoms with Gasteiger partial charge in [0.2, 0.25) is 0 Å². The second-order valence-electron chi connectivity index (χ2n) is 6.15. The first-order valence-corrected chi connectivity index (χ1v) is 11.1. The lowest BCUT2D eigenvalue weighted by Crippen LogP contribution is -3.12. The Labute approximate surface area is 175 Å². The number of halogens is 2. The summed E-state index contributed by atoms with van der Waals surface area (Å²) in [5.74, 6) is -0.355. The van der Waals surface area contributed by atoms with Gasteiger partial charge >= 0.3 is 0 Å². The first-order chi connectivity index (χ1) is 13.3. The van der Waals surface area contributed by atoms with Crippen molar-refractivity contribution in [1.29, 1.82) is 0 Å². The third kappa shape index (κ3) is 6.10. The molecule has 0 radical (unpaired) electrons. The maximum atomic E-state index is 12.6. The lowest BCUT2D eigenvalue weighted by atomic mass is 10.2. The zero-order valence-electron chi connectivity index (χ0n) is 15.7. The van der Waals surface area contributed by atoms with E-state index in [-0.39, 0.29) is 27.1 Å². The van der Waals surface area contributed by atoms with E-state index >= 15 is 0 Å². The number of likely N-dealkylation sites (N-methyl/N-ethyl adjacent to an activating group) is 1. The Bertz CT molecular complexity index is 915. The topological polar surface area (TPSA) is 81.8 Å². The molecule has 0 aliphatic carbocycles. The first-order valence-electron chi connectivity index (χ1n) is 8.91. The van der Waals surface area contributed by atoms with Crippen molar-refractivity contribution in [2.75, 3.05) is 26.2 Å². The van der Waals surface area contributed by atoms with Crippen molar-refractivity contribution in [3.8, 4) is 0 Å². The van der Waals surface area contributed by atoms with Crippen LogP contribution in [0, 0.1) is 0 Å². The van der Waals surface area contributed by atoms with E-state index in [0.717, 1.165) is 19.6 Å². The number of carbonyl (C=O) groups excluding carboxylic acids is 1. The van der Waals surface area contributed by atoms with Crippen LogP contribution in [0.5, 0.6) is 0 Å². The maximum Gasteiger partial charge on any atom is 0.251 e. The van der Waals surface area contributed by atoms with Gasteiger partial charge in [0, 0.05) is 10.6 Å². The molecule has 6 nitrogen and oxygen atoms in total. The quantitative estimate of drug-likeness (QED) is 0.624. The molecule has 0 fully saturated rings. The molecule has 0 bridgehead atoms. The second kappa shape index (κ2) is 10.1. The van der Waals surface area contributed by atoms with Crippen LogP contribution in [0.1, 0.15) is 24.2 Å². The van der Waals surface area contributed by atoms with Crippen LogP contribution in [0.2, 0.25) is 10.0 Å². The molecular formula is C19H23Cl2N3O3S. The summed E-state index contributed by atoms with van der Waals surface area (Å²) in [4.78, 5) is 13.5. The predicted octanol–water partition coefficient (Wildman–Crippen LogP) is 3.04. The van der Waals surface area contributed by atoms with Crippen LogP contribution in [-0.2, 0) is 10.0 Å². The van der Waals surface area contributed by atoms with Crippen molar-refractivity contribution in [2.45, 2.75) is 18.7 Å². The predicted molar refractivity (Wildman–Crippen MR) is 112 cm³/mol. The summed E-state index contributed by atoms with van der Waals surface area (Å²) in [5, 5.41) is 3.28. The number of quaternary nitrogens is 1. The molecule has 0 heterocycles. The number of benzene rings is 2. The molecule has 2 N–H and O–H groups in total. The molecule has 1 amide bonds. The van der Waals surface area contributed by atoms with E-state index in [1.165, 1.54) is 35.2 Å². The van der Waals surface area contributed by atoms with Gasteiger partial charge in [-0.15, -0.1) is 5.69 Å². The highest BCUT2D eigenvalue weighted by atomic mass is 35.5. The van der Waals surface area contributed by atoms with E-state index < -0.39 is 10.0 Å². The lowest BCUT2D eigenvalue weighted by molar-refractivity contribution is -0.895. The third-order valence-corrected chi connectivity index (χ3v) is 6.33. The molecule has 2 aromatic rings. The van der Waals surface area contributed by atoms with Gasteiger partial charge in [0.1, 0.15) is 10.0 Å². The Balaban J connectivity index is 2.15.